The molecule has 2 heterocycles. The Bertz CT molecular complexity index is 370. The second-order valence-corrected chi connectivity index (χ2v) is 9.90. The van der Waals surface area contributed by atoms with Gasteiger partial charge in [0.2, 0.25) is 0 Å². The molecule has 1 unspecified atom stereocenters. The van der Waals surface area contributed by atoms with Crippen LogP contribution in [-0.4, -0.2) is 68.3 Å². The average Bonchev–Trinajstić information content (AvgIpc) is 2.46. The smallest absolute Gasteiger partial charge is 0.269 e. The maximum absolute atomic E-state index is 12.8. The first kappa shape index (κ1) is 17.4. The minimum absolute atomic E-state index is 0.0534. The van der Waals surface area contributed by atoms with E-state index in [0.29, 0.717) is 12.6 Å². The molecule has 0 spiro atoms. The van der Waals surface area contributed by atoms with Gasteiger partial charge >= 0.3 is 0 Å². The van der Waals surface area contributed by atoms with Crippen LogP contribution in [-0.2, 0) is 13.8 Å². The fourth-order valence-corrected chi connectivity index (χ4v) is 4.67. The van der Waals surface area contributed by atoms with Crippen LogP contribution in [0.2, 0.25) is 0 Å². The molecule has 0 aliphatic carbocycles. The topological polar surface area (TPSA) is 42.0 Å². The first-order chi connectivity index (χ1) is 9.78. The van der Waals surface area contributed by atoms with Crippen molar-refractivity contribution >= 4 is 7.52 Å². The number of morpholine rings is 1. The van der Waals surface area contributed by atoms with Crippen LogP contribution >= 0.6 is 7.52 Å². The first-order valence-corrected chi connectivity index (χ1v) is 10.1. The Hall–Kier alpha value is 0.0700. The second-order valence-electron chi connectivity index (χ2n) is 7.47. The molecule has 21 heavy (non-hydrogen) atoms. The number of hydrogen-bond donors (Lipinski definition) is 0. The number of rotatable bonds is 4. The third kappa shape index (κ3) is 5.33. The monoisotopic (exact) mass is 318 g/mol. The van der Waals surface area contributed by atoms with Gasteiger partial charge in [0.15, 0.2) is 0 Å². The average molecular weight is 318 g/mol. The zero-order valence-electron chi connectivity index (χ0n) is 14.0. The van der Waals surface area contributed by atoms with Gasteiger partial charge < -0.3 is 9.26 Å². The molecule has 2 saturated heterocycles. The normalized spacial score (nSPS) is 26.7. The highest BCUT2D eigenvalue weighted by Gasteiger charge is 2.33. The van der Waals surface area contributed by atoms with E-state index in [2.05, 4.69) is 30.3 Å². The molecular weight excluding hydrogens is 287 g/mol. The fraction of sp³-hybridized carbons (Fsp3) is 1.00. The third-order valence-corrected chi connectivity index (χ3v) is 6.29. The molecule has 0 bridgehead atoms. The zero-order valence-corrected chi connectivity index (χ0v) is 14.9. The Morgan fingerprint density at radius 1 is 1.14 bits per heavy atom. The van der Waals surface area contributed by atoms with E-state index < -0.39 is 7.52 Å². The molecule has 6 heteroatoms. The van der Waals surface area contributed by atoms with Crippen molar-refractivity contribution in [2.45, 2.75) is 39.7 Å². The summed E-state index contributed by atoms with van der Waals surface area (Å²) < 4.78 is 26.0. The van der Waals surface area contributed by atoms with E-state index in [1.807, 2.05) is 0 Å². The van der Waals surface area contributed by atoms with Crippen molar-refractivity contribution in [1.29, 1.82) is 0 Å². The molecule has 2 aliphatic heterocycles. The van der Waals surface area contributed by atoms with Gasteiger partial charge in [-0.1, -0.05) is 20.8 Å². The van der Waals surface area contributed by atoms with Crippen molar-refractivity contribution in [3.8, 4) is 0 Å². The molecule has 1 atom stereocenters. The first-order valence-electron chi connectivity index (χ1n) is 8.07. The summed E-state index contributed by atoms with van der Waals surface area (Å²) >= 11 is 0. The van der Waals surface area contributed by atoms with Gasteiger partial charge in [-0.15, -0.1) is 0 Å². The van der Waals surface area contributed by atoms with Crippen LogP contribution < -0.4 is 0 Å². The number of hydrogen-bond acceptors (Lipinski definition) is 4. The van der Waals surface area contributed by atoms with Crippen LogP contribution in [0.4, 0.5) is 0 Å². The maximum atomic E-state index is 12.8. The molecule has 2 aliphatic rings. The van der Waals surface area contributed by atoms with E-state index in [9.17, 15) is 4.57 Å². The summed E-state index contributed by atoms with van der Waals surface area (Å²) in [5.41, 5.74) is 0.0534. The molecular formula is C15H31N2O3P. The van der Waals surface area contributed by atoms with Crippen molar-refractivity contribution in [2.75, 3.05) is 52.7 Å². The van der Waals surface area contributed by atoms with Crippen LogP contribution in [0.25, 0.3) is 0 Å². The standard InChI is InChI=1S/C15H31N2O3P/c1-15(2,3)13-20-21(4,18)17-7-5-14(6-8-17)16-9-11-19-12-10-16/h14H,5-13H2,1-4H3. The predicted molar refractivity (Wildman–Crippen MR) is 85.9 cm³/mol. The van der Waals surface area contributed by atoms with Crippen molar-refractivity contribution in [3.05, 3.63) is 0 Å². The van der Waals surface area contributed by atoms with Crippen LogP contribution in [0.3, 0.4) is 0 Å². The Labute approximate surface area is 129 Å². The lowest BCUT2D eigenvalue weighted by molar-refractivity contribution is 0.00510. The molecule has 2 fully saturated rings. The molecule has 0 aromatic carbocycles. The van der Waals surface area contributed by atoms with Gasteiger partial charge in [-0.2, -0.15) is 0 Å². The van der Waals surface area contributed by atoms with Gasteiger partial charge in [-0.3, -0.25) is 9.46 Å². The van der Waals surface area contributed by atoms with Gasteiger partial charge in [0, 0.05) is 38.9 Å². The highest BCUT2D eigenvalue weighted by atomic mass is 31.2. The van der Waals surface area contributed by atoms with Gasteiger partial charge in [0.05, 0.1) is 19.8 Å². The van der Waals surface area contributed by atoms with Crippen LogP contribution in [0, 0.1) is 5.41 Å². The number of nitrogens with zero attached hydrogens (tertiary/aromatic N) is 2. The van der Waals surface area contributed by atoms with E-state index in [1.165, 1.54) is 0 Å². The Balaban J connectivity index is 1.80. The Morgan fingerprint density at radius 2 is 1.71 bits per heavy atom. The third-order valence-electron chi connectivity index (χ3n) is 4.25. The zero-order chi connectivity index (χ0) is 15.5. The summed E-state index contributed by atoms with van der Waals surface area (Å²) in [5, 5.41) is 0. The van der Waals surface area contributed by atoms with Gasteiger partial charge in [-0.25, -0.2) is 4.67 Å². The van der Waals surface area contributed by atoms with Crippen molar-refractivity contribution in [1.82, 2.24) is 9.57 Å². The molecule has 0 aromatic heterocycles. The van der Waals surface area contributed by atoms with E-state index in [1.54, 1.807) is 6.66 Å². The summed E-state index contributed by atoms with van der Waals surface area (Å²) in [6, 6.07) is 0.618. The van der Waals surface area contributed by atoms with E-state index >= 15 is 0 Å². The van der Waals surface area contributed by atoms with Gasteiger partial charge in [0.1, 0.15) is 0 Å². The maximum Gasteiger partial charge on any atom is 0.269 e. The lowest BCUT2D eigenvalue weighted by atomic mass is 9.99. The van der Waals surface area contributed by atoms with E-state index in [-0.39, 0.29) is 5.41 Å². The minimum atomic E-state index is -2.64. The molecule has 0 saturated carbocycles. The second kappa shape index (κ2) is 7.10. The molecule has 0 amide bonds. The van der Waals surface area contributed by atoms with Crippen LogP contribution in [0.5, 0.6) is 0 Å². The lowest BCUT2D eigenvalue weighted by Crippen LogP contribution is -2.48. The van der Waals surface area contributed by atoms with Crippen molar-refractivity contribution in [3.63, 3.8) is 0 Å². The van der Waals surface area contributed by atoms with Crippen molar-refractivity contribution in [2.24, 2.45) is 5.41 Å². The summed E-state index contributed by atoms with van der Waals surface area (Å²) in [5.74, 6) is 0. The fourth-order valence-electron chi connectivity index (χ4n) is 2.92. The molecule has 0 radical (unpaired) electrons. The minimum Gasteiger partial charge on any atom is -0.379 e. The molecule has 0 aromatic rings. The number of ether oxygens (including phenoxy) is 1. The summed E-state index contributed by atoms with van der Waals surface area (Å²) in [7, 11) is -2.64. The SMILES string of the molecule is CC(C)(C)COP(C)(=O)N1CCC(N2CCOCC2)CC1. The van der Waals surface area contributed by atoms with Gasteiger partial charge in [0.25, 0.3) is 7.52 Å². The summed E-state index contributed by atoms with van der Waals surface area (Å²) in [6.07, 6.45) is 2.16. The highest BCUT2D eigenvalue weighted by molar-refractivity contribution is 7.55. The number of piperidine rings is 1. The van der Waals surface area contributed by atoms with Gasteiger partial charge in [-0.05, 0) is 18.3 Å². The van der Waals surface area contributed by atoms with E-state index in [4.69, 9.17) is 9.26 Å². The molecule has 5 nitrogen and oxygen atoms in total. The van der Waals surface area contributed by atoms with Crippen LogP contribution in [0.1, 0.15) is 33.6 Å². The highest BCUT2D eigenvalue weighted by Crippen LogP contribution is 2.49. The van der Waals surface area contributed by atoms with Crippen LogP contribution in [0.15, 0.2) is 0 Å². The Kier molecular flexibility index (Phi) is 5.89. The summed E-state index contributed by atoms with van der Waals surface area (Å²) in [6.45, 7) is 14.2. The molecule has 2 rings (SSSR count). The lowest BCUT2D eigenvalue weighted by Gasteiger charge is -2.41. The molecule has 124 valence electrons. The van der Waals surface area contributed by atoms with E-state index in [0.717, 1.165) is 52.2 Å². The summed E-state index contributed by atoms with van der Waals surface area (Å²) in [4.78, 5) is 2.53. The largest absolute Gasteiger partial charge is 0.379 e. The predicted octanol–water partition coefficient (Wildman–Crippen LogP) is 2.67. The molecule has 0 N–H and O–H groups in total. The van der Waals surface area contributed by atoms with Crippen molar-refractivity contribution < 1.29 is 13.8 Å². The quantitative estimate of drug-likeness (QED) is 0.746. The Morgan fingerprint density at radius 3 is 2.24 bits per heavy atom.